The van der Waals surface area contributed by atoms with Gasteiger partial charge in [0.1, 0.15) is 6.10 Å². The third-order valence-electron chi connectivity index (χ3n) is 2.33. The SMILES string of the molecule is CCCCCOC(=O)C(=O)OC(CC)CC. The lowest BCUT2D eigenvalue weighted by molar-refractivity contribution is -0.171. The fourth-order valence-corrected chi connectivity index (χ4v) is 1.23. The molecule has 0 atom stereocenters. The fourth-order valence-electron chi connectivity index (χ4n) is 1.23. The molecule has 0 spiro atoms. The average Bonchev–Trinajstić information content (AvgIpc) is 2.30. The number of carbonyl (C=O) groups is 2. The lowest BCUT2D eigenvalue weighted by Gasteiger charge is -2.12. The number of rotatable bonds is 7. The molecule has 0 unspecified atom stereocenters. The molecule has 0 radical (unpaired) electrons. The largest absolute Gasteiger partial charge is 0.457 e. The van der Waals surface area contributed by atoms with E-state index in [-0.39, 0.29) is 6.10 Å². The lowest BCUT2D eigenvalue weighted by Crippen LogP contribution is -2.25. The van der Waals surface area contributed by atoms with Crippen molar-refractivity contribution in [1.29, 1.82) is 0 Å². The molecule has 0 aliphatic rings. The van der Waals surface area contributed by atoms with Crippen LogP contribution in [0.4, 0.5) is 0 Å². The Morgan fingerprint density at radius 1 is 1.00 bits per heavy atom. The predicted octanol–water partition coefficient (Wildman–Crippen LogP) is 2.45. The van der Waals surface area contributed by atoms with Crippen LogP contribution >= 0.6 is 0 Å². The number of carbonyl (C=O) groups excluding carboxylic acids is 2. The summed E-state index contributed by atoms with van der Waals surface area (Å²) in [6.45, 7) is 6.18. The normalized spacial score (nSPS) is 10.2. The smallest absolute Gasteiger partial charge is 0.417 e. The summed E-state index contributed by atoms with van der Waals surface area (Å²) in [5.41, 5.74) is 0. The van der Waals surface area contributed by atoms with E-state index in [0.29, 0.717) is 19.4 Å². The Labute approximate surface area is 97.3 Å². The second-order valence-electron chi connectivity index (χ2n) is 3.69. The summed E-state index contributed by atoms with van der Waals surface area (Å²) in [5.74, 6) is -1.74. The molecule has 0 aromatic heterocycles. The Kier molecular flexibility index (Phi) is 8.58. The van der Waals surface area contributed by atoms with Crippen molar-refractivity contribution in [2.45, 2.75) is 59.0 Å². The van der Waals surface area contributed by atoms with E-state index in [4.69, 9.17) is 9.47 Å². The van der Waals surface area contributed by atoms with E-state index < -0.39 is 11.9 Å². The highest BCUT2D eigenvalue weighted by atomic mass is 16.6. The van der Waals surface area contributed by atoms with Crippen LogP contribution in [0.5, 0.6) is 0 Å². The third kappa shape index (κ3) is 6.43. The Bertz CT molecular complexity index is 209. The summed E-state index contributed by atoms with van der Waals surface area (Å²) < 4.78 is 9.74. The molecular weight excluding hydrogens is 208 g/mol. The van der Waals surface area contributed by atoms with E-state index in [2.05, 4.69) is 6.92 Å². The van der Waals surface area contributed by atoms with E-state index in [1.165, 1.54) is 0 Å². The van der Waals surface area contributed by atoms with Gasteiger partial charge in [-0.2, -0.15) is 0 Å². The van der Waals surface area contributed by atoms with Crippen LogP contribution in [-0.2, 0) is 19.1 Å². The molecule has 0 aliphatic heterocycles. The molecular formula is C12H22O4. The van der Waals surface area contributed by atoms with E-state index in [0.717, 1.165) is 19.3 Å². The zero-order valence-electron chi connectivity index (χ0n) is 10.5. The van der Waals surface area contributed by atoms with Crippen molar-refractivity contribution >= 4 is 11.9 Å². The molecule has 4 heteroatoms. The van der Waals surface area contributed by atoms with Crippen molar-refractivity contribution < 1.29 is 19.1 Å². The first-order chi connectivity index (χ1) is 7.65. The van der Waals surface area contributed by atoms with Gasteiger partial charge in [-0.1, -0.05) is 33.6 Å². The zero-order valence-corrected chi connectivity index (χ0v) is 10.5. The molecule has 0 amide bonds. The van der Waals surface area contributed by atoms with Crippen molar-refractivity contribution in [2.75, 3.05) is 6.61 Å². The summed E-state index contributed by atoms with van der Waals surface area (Å²) in [5, 5.41) is 0. The van der Waals surface area contributed by atoms with Crippen molar-refractivity contribution in [1.82, 2.24) is 0 Å². The quantitative estimate of drug-likeness (QED) is 0.383. The van der Waals surface area contributed by atoms with E-state index >= 15 is 0 Å². The van der Waals surface area contributed by atoms with Crippen LogP contribution in [0.25, 0.3) is 0 Å². The zero-order chi connectivity index (χ0) is 12.4. The summed E-state index contributed by atoms with van der Waals surface area (Å²) in [7, 11) is 0. The van der Waals surface area contributed by atoms with Gasteiger partial charge in [0.05, 0.1) is 6.61 Å². The summed E-state index contributed by atoms with van der Waals surface area (Å²) in [6.07, 6.45) is 4.08. The lowest BCUT2D eigenvalue weighted by atomic mass is 10.2. The van der Waals surface area contributed by atoms with E-state index in [9.17, 15) is 9.59 Å². The molecule has 0 aromatic rings. The van der Waals surface area contributed by atoms with Crippen molar-refractivity contribution in [2.24, 2.45) is 0 Å². The highest BCUT2D eigenvalue weighted by Gasteiger charge is 2.20. The van der Waals surface area contributed by atoms with Gasteiger partial charge in [0.2, 0.25) is 0 Å². The second kappa shape index (κ2) is 9.19. The van der Waals surface area contributed by atoms with Gasteiger partial charge in [0, 0.05) is 0 Å². The molecule has 0 saturated carbocycles. The molecule has 94 valence electrons. The van der Waals surface area contributed by atoms with Crippen LogP contribution in [-0.4, -0.2) is 24.6 Å². The maximum atomic E-state index is 11.2. The third-order valence-corrected chi connectivity index (χ3v) is 2.33. The molecule has 4 nitrogen and oxygen atoms in total. The topological polar surface area (TPSA) is 52.6 Å². The van der Waals surface area contributed by atoms with Gasteiger partial charge >= 0.3 is 11.9 Å². The first-order valence-corrected chi connectivity index (χ1v) is 6.03. The van der Waals surface area contributed by atoms with Gasteiger partial charge in [-0.15, -0.1) is 0 Å². The van der Waals surface area contributed by atoms with Gasteiger partial charge in [-0.3, -0.25) is 0 Å². The predicted molar refractivity (Wildman–Crippen MR) is 60.9 cm³/mol. The first-order valence-electron chi connectivity index (χ1n) is 6.03. The molecule has 0 bridgehead atoms. The summed E-state index contributed by atoms with van der Waals surface area (Å²) >= 11 is 0. The molecule has 0 N–H and O–H groups in total. The molecule has 0 rings (SSSR count). The van der Waals surface area contributed by atoms with Gasteiger partial charge in [0.15, 0.2) is 0 Å². The van der Waals surface area contributed by atoms with Crippen LogP contribution in [0.2, 0.25) is 0 Å². The minimum absolute atomic E-state index is 0.185. The van der Waals surface area contributed by atoms with Gasteiger partial charge < -0.3 is 9.47 Å². The highest BCUT2D eigenvalue weighted by molar-refractivity contribution is 6.29. The molecule has 0 aromatic carbocycles. The molecule has 0 heterocycles. The van der Waals surface area contributed by atoms with Gasteiger partial charge in [0.25, 0.3) is 0 Å². The summed E-state index contributed by atoms with van der Waals surface area (Å²) in [6, 6.07) is 0. The number of hydrogen-bond donors (Lipinski definition) is 0. The summed E-state index contributed by atoms with van der Waals surface area (Å²) in [4.78, 5) is 22.4. The van der Waals surface area contributed by atoms with Crippen LogP contribution < -0.4 is 0 Å². The Morgan fingerprint density at radius 3 is 2.12 bits per heavy atom. The van der Waals surface area contributed by atoms with Gasteiger partial charge in [-0.05, 0) is 19.3 Å². The minimum atomic E-state index is -0.872. The molecule has 0 aliphatic carbocycles. The second-order valence-corrected chi connectivity index (χ2v) is 3.69. The minimum Gasteiger partial charge on any atom is -0.457 e. The standard InChI is InChI=1S/C12H22O4/c1-4-7-8-9-15-11(13)12(14)16-10(5-2)6-3/h10H,4-9H2,1-3H3. The first kappa shape index (κ1) is 14.9. The molecule has 16 heavy (non-hydrogen) atoms. The maximum Gasteiger partial charge on any atom is 0.417 e. The van der Waals surface area contributed by atoms with Crippen LogP contribution in [0.3, 0.4) is 0 Å². The number of ether oxygens (including phenoxy) is 2. The Balaban J connectivity index is 3.77. The molecule has 0 fully saturated rings. The maximum absolute atomic E-state index is 11.2. The van der Waals surface area contributed by atoms with E-state index in [1.54, 1.807) is 0 Å². The van der Waals surface area contributed by atoms with Crippen LogP contribution in [0.15, 0.2) is 0 Å². The van der Waals surface area contributed by atoms with Crippen LogP contribution in [0.1, 0.15) is 52.9 Å². The Morgan fingerprint density at radius 2 is 1.62 bits per heavy atom. The fraction of sp³-hybridized carbons (Fsp3) is 0.833. The van der Waals surface area contributed by atoms with Crippen LogP contribution in [0, 0.1) is 0 Å². The van der Waals surface area contributed by atoms with E-state index in [1.807, 2.05) is 13.8 Å². The average molecular weight is 230 g/mol. The van der Waals surface area contributed by atoms with Crippen molar-refractivity contribution in [3.8, 4) is 0 Å². The van der Waals surface area contributed by atoms with Crippen molar-refractivity contribution in [3.05, 3.63) is 0 Å². The number of esters is 2. The van der Waals surface area contributed by atoms with Gasteiger partial charge in [-0.25, -0.2) is 9.59 Å². The Hall–Kier alpha value is -1.06. The van der Waals surface area contributed by atoms with Crippen molar-refractivity contribution in [3.63, 3.8) is 0 Å². The monoisotopic (exact) mass is 230 g/mol. The number of hydrogen-bond acceptors (Lipinski definition) is 4. The highest BCUT2D eigenvalue weighted by Crippen LogP contribution is 2.04. The molecule has 0 saturated heterocycles. The number of unbranched alkanes of at least 4 members (excludes halogenated alkanes) is 2.